The molecular formula is C34H44F3N3O6S2. The van der Waals surface area contributed by atoms with E-state index in [4.69, 9.17) is 9.47 Å². The van der Waals surface area contributed by atoms with Gasteiger partial charge in [0.1, 0.15) is 9.96 Å². The van der Waals surface area contributed by atoms with E-state index in [1.807, 2.05) is 25.8 Å². The Morgan fingerprint density at radius 3 is 2.50 bits per heavy atom. The van der Waals surface area contributed by atoms with Gasteiger partial charge >= 0.3 is 6.18 Å². The highest BCUT2D eigenvalue weighted by Gasteiger charge is 2.32. The van der Waals surface area contributed by atoms with Crippen LogP contribution in [0.15, 0.2) is 64.2 Å². The van der Waals surface area contributed by atoms with E-state index in [9.17, 15) is 31.5 Å². The van der Waals surface area contributed by atoms with Crippen LogP contribution >= 0.6 is 11.3 Å². The molecule has 2 aromatic carbocycles. The van der Waals surface area contributed by atoms with Gasteiger partial charge in [-0.3, -0.25) is 14.4 Å². The molecule has 14 heteroatoms. The Morgan fingerprint density at radius 2 is 1.85 bits per heavy atom. The maximum Gasteiger partial charge on any atom is 0.416 e. The van der Waals surface area contributed by atoms with Crippen molar-refractivity contribution in [2.45, 2.75) is 75.2 Å². The Bertz CT molecular complexity index is 1590. The number of hydrogen-bond donors (Lipinski definition) is 2. The van der Waals surface area contributed by atoms with Gasteiger partial charge in [0.05, 0.1) is 36.0 Å². The number of carbonyl (C=O) groups is 1. The van der Waals surface area contributed by atoms with Gasteiger partial charge in [0.15, 0.2) is 0 Å². The SMILES string of the molecule is C[C@H]1CCCCO[C@H](CN(C)Cc2ccc(C(F)(F)F)cc2)[C@@H](C)CN([C@@H](C)CO)C(=O)c2cc(NS(=O)(=O)c3cccs3)ccc2O1. The molecule has 1 aliphatic heterocycles. The molecule has 0 saturated heterocycles. The van der Waals surface area contributed by atoms with Gasteiger partial charge in [-0.1, -0.05) is 25.1 Å². The maximum atomic E-state index is 14.3. The van der Waals surface area contributed by atoms with Crippen molar-refractivity contribution >= 4 is 33.0 Å². The van der Waals surface area contributed by atoms with Gasteiger partial charge in [-0.25, -0.2) is 8.42 Å². The average Bonchev–Trinajstić information content (AvgIpc) is 3.59. The van der Waals surface area contributed by atoms with E-state index in [1.54, 1.807) is 35.4 Å². The van der Waals surface area contributed by atoms with Crippen LogP contribution in [0.3, 0.4) is 0 Å². The van der Waals surface area contributed by atoms with Crippen LogP contribution in [0.2, 0.25) is 0 Å². The van der Waals surface area contributed by atoms with Crippen molar-refractivity contribution < 1.29 is 41.0 Å². The molecule has 264 valence electrons. The molecule has 4 atom stereocenters. The summed E-state index contributed by atoms with van der Waals surface area (Å²) < 4.78 is 80.4. The number of halogens is 3. The number of sulfonamides is 1. The minimum Gasteiger partial charge on any atom is -0.490 e. The number of carbonyl (C=O) groups excluding carboxylic acids is 1. The second kappa shape index (κ2) is 16.5. The lowest BCUT2D eigenvalue weighted by Crippen LogP contribution is -2.47. The standard InChI is InChI=1S/C34H44F3N3O6S2/c1-23-19-40(24(2)22-41)33(42)29-18-28(38-48(43,44)32-9-7-17-47-32)14-15-30(29)46-25(3)8-5-6-16-45-31(23)21-39(4)20-26-10-12-27(13-11-26)34(35,36)37/h7,9-15,17-18,23-25,31,38,41H,5-6,8,16,19-22H2,1-4H3/t23-,24-,25-,31+/m0/s1. The van der Waals surface area contributed by atoms with E-state index in [1.165, 1.54) is 24.3 Å². The van der Waals surface area contributed by atoms with Gasteiger partial charge in [0.2, 0.25) is 0 Å². The van der Waals surface area contributed by atoms with Crippen LogP contribution in [0.25, 0.3) is 0 Å². The molecule has 0 spiro atoms. The first kappa shape index (κ1) is 37.6. The number of rotatable bonds is 9. The summed E-state index contributed by atoms with van der Waals surface area (Å²) in [5.41, 5.74) is 0.382. The van der Waals surface area contributed by atoms with E-state index >= 15 is 0 Å². The molecule has 1 amide bonds. The van der Waals surface area contributed by atoms with Gasteiger partial charge < -0.3 is 19.5 Å². The zero-order valence-corrected chi connectivity index (χ0v) is 29.2. The van der Waals surface area contributed by atoms with Crippen molar-refractivity contribution in [2.75, 3.05) is 38.1 Å². The van der Waals surface area contributed by atoms with E-state index < -0.39 is 33.7 Å². The van der Waals surface area contributed by atoms with Gasteiger partial charge in [0, 0.05) is 37.8 Å². The number of amides is 1. The summed E-state index contributed by atoms with van der Waals surface area (Å²) in [6.45, 7) is 6.81. The average molecular weight is 712 g/mol. The number of aliphatic hydroxyl groups is 1. The summed E-state index contributed by atoms with van der Waals surface area (Å²) in [5.74, 6) is -0.336. The fourth-order valence-corrected chi connectivity index (χ4v) is 7.60. The molecule has 1 aliphatic rings. The number of benzene rings is 2. The van der Waals surface area contributed by atoms with Gasteiger partial charge in [-0.15, -0.1) is 11.3 Å². The lowest BCUT2D eigenvalue weighted by atomic mass is 10.0. The molecule has 9 nitrogen and oxygen atoms in total. The molecule has 0 radical (unpaired) electrons. The van der Waals surface area contributed by atoms with Crippen LogP contribution in [0.1, 0.15) is 61.5 Å². The molecular weight excluding hydrogens is 668 g/mol. The summed E-state index contributed by atoms with van der Waals surface area (Å²) >= 11 is 1.08. The van der Waals surface area contributed by atoms with Crippen LogP contribution in [0, 0.1) is 5.92 Å². The Labute approximate surface area is 284 Å². The first-order valence-corrected chi connectivity index (χ1v) is 18.3. The van der Waals surface area contributed by atoms with Crippen LogP contribution in [-0.2, 0) is 27.5 Å². The number of fused-ring (bicyclic) bond motifs is 1. The molecule has 3 aromatic rings. The Kier molecular flexibility index (Phi) is 12.9. The van der Waals surface area contributed by atoms with Crippen LogP contribution in [0.5, 0.6) is 5.75 Å². The van der Waals surface area contributed by atoms with E-state index in [0.29, 0.717) is 31.9 Å². The van der Waals surface area contributed by atoms with Crippen LogP contribution in [0.4, 0.5) is 18.9 Å². The molecule has 1 aromatic heterocycles. The molecule has 0 aliphatic carbocycles. The third kappa shape index (κ3) is 10.2. The number of anilines is 1. The lowest BCUT2D eigenvalue weighted by molar-refractivity contribution is -0.137. The minimum absolute atomic E-state index is 0.137. The van der Waals surface area contributed by atoms with Crippen LogP contribution < -0.4 is 9.46 Å². The zero-order chi connectivity index (χ0) is 35.1. The molecule has 0 saturated carbocycles. The maximum absolute atomic E-state index is 14.3. The zero-order valence-electron chi connectivity index (χ0n) is 27.6. The fourth-order valence-electron chi connectivity index (χ4n) is 5.55. The number of likely N-dealkylation sites (N-methyl/N-ethyl adjacent to an activating group) is 1. The number of nitrogens with one attached hydrogen (secondary N) is 1. The normalized spacial score (nSPS) is 20.9. The predicted octanol–water partition coefficient (Wildman–Crippen LogP) is 6.50. The van der Waals surface area contributed by atoms with Crippen LogP contribution in [-0.4, -0.2) is 80.8 Å². The molecule has 0 unspecified atom stereocenters. The topological polar surface area (TPSA) is 108 Å². The summed E-state index contributed by atoms with van der Waals surface area (Å²) in [7, 11) is -2.01. The molecule has 4 rings (SSSR count). The molecule has 2 heterocycles. The summed E-state index contributed by atoms with van der Waals surface area (Å²) in [5, 5.41) is 11.8. The molecule has 48 heavy (non-hydrogen) atoms. The third-order valence-corrected chi connectivity index (χ3v) is 11.1. The summed E-state index contributed by atoms with van der Waals surface area (Å²) in [6.07, 6.45) is -2.73. The van der Waals surface area contributed by atoms with Crippen molar-refractivity contribution in [3.8, 4) is 5.75 Å². The van der Waals surface area contributed by atoms with E-state index in [0.717, 1.165) is 41.9 Å². The third-order valence-electron chi connectivity index (χ3n) is 8.29. The largest absolute Gasteiger partial charge is 0.490 e. The van der Waals surface area contributed by atoms with E-state index in [2.05, 4.69) is 4.72 Å². The second-order valence-electron chi connectivity index (χ2n) is 12.4. The number of hydrogen-bond acceptors (Lipinski definition) is 8. The summed E-state index contributed by atoms with van der Waals surface area (Å²) in [4.78, 5) is 17.8. The molecule has 0 fully saturated rings. The van der Waals surface area contributed by atoms with Crippen molar-refractivity contribution in [3.05, 3.63) is 76.7 Å². The Hall–Kier alpha value is -3.17. The number of nitrogens with zero attached hydrogens (tertiary/aromatic N) is 2. The predicted molar refractivity (Wildman–Crippen MR) is 180 cm³/mol. The van der Waals surface area contributed by atoms with E-state index in [-0.39, 0.29) is 46.7 Å². The fraction of sp³-hybridized carbons (Fsp3) is 0.500. The number of ether oxygens (including phenoxy) is 2. The highest BCUT2D eigenvalue weighted by atomic mass is 32.2. The monoisotopic (exact) mass is 711 g/mol. The van der Waals surface area contributed by atoms with Gasteiger partial charge in [0.25, 0.3) is 15.9 Å². The summed E-state index contributed by atoms with van der Waals surface area (Å²) in [6, 6.07) is 12.3. The number of thiophene rings is 1. The number of alkyl halides is 3. The molecule has 2 N–H and O–H groups in total. The smallest absolute Gasteiger partial charge is 0.416 e. The van der Waals surface area contributed by atoms with Crippen molar-refractivity contribution in [1.82, 2.24) is 9.80 Å². The first-order chi connectivity index (χ1) is 22.7. The second-order valence-corrected chi connectivity index (χ2v) is 15.3. The van der Waals surface area contributed by atoms with Crippen molar-refractivity contribution in [3.63, 3.8) is 0 Å². The highest BCUT2D eigenvalue weighted by Crippen LogP contribution is 2.31. The van der Waals surface area contributed by atoms with Crippen molar-refractivity contribution in [2.24, 2.45) is 5.92 Å². The first-order valence-electron chi connectivity index (χ1n) is 15.9. The molecule has 0 bridgehead atoms. The van der Waals surface area contributed by atoms with Crippen molar-refractivity contribution in [1.29, 1.82) is 0 Å². The quantitative estimate of drug-likeness (QED) is 0.261. The van der Waals surface area contributed by atoms with Gasteiger partial charge in [-0.2, -0.15) is 13.2 Å². The van der Waals surface area contributed by atoms with Gasteiger partial charge in [-0.05, 0) is 87.5 Å². The highest BCUT2D eigenvalue weighted by molar-refractivity contribution is 7.94. The Balaban J connectivity index is 1.60. The lowest BCUT2D eigenvalue weighted by Gasteiger charge is -2.36. The Morgan fingerprint density at radius 1 is 1.12 bits per heavy atom. The minimum atomic E-state index is -4.40. The number of aliphatic hydroxyl groups excluding tert-OH is 1.